The first-order valence-corrected chi connectivity index (χ1v) is 5.20. The van der Waals surface area contributed by atoms with Gasteiger partial charge < -0.3 is 0 Å². The van der Waals surface area contributed by atoms with Crippen molar-refractivity contribution in [2.75, 3.05) is 0 Å². The minimum atomic E-state index is -1.69. The summed E-state index contributed by atoms with van der Waals surface area (Å²) < 4.78 is 11.9. The van der Waals surface area contributed by atoms with Gasteiger partial charge >= 0.3 is 0 Å². The highest BCUT2D eigenvalue weighted by molar-refractivity contribution is 14.1. The molecule has 2 rings (SSSR count). The van der Waals surface area contributed by atoms with Crippen LogP contribution in [0.5, 0.6) is 0 Å². The van der Waals surface area contributed by atoms with Gasteiger partial charge in [0.1, 0.15) is 0 Å². The summed E-state index contributed by atoms with van der Waals surface area (Å²) in [4.78, 5) is 11.6. The average Bonchev–Trinajstić information content (AvgIpc) is 2.13. The number of carbonyl (C=O) groups is 1. The quantitative estimate of drug-likeness (QED) is 0.530. The maximum atomic E-state index is 13.6. The minimum absolute atomic E-state index is 0.295. The van der Waals surface area contributed by atoms with E-state index >= 15 is 0 Å². The summed E-state index contributed by atoms with van der Waals surface area (Å²) in [6, 6.07) is 7.24. The molecule has 13 heavy (non-hydrogen) atoms. The fraction of sp³-hybridized carbons (Fsp3) is 0.300. The molecular formula is C10H8FIO. The van der Waals surface area contributed by atoms with E-state index in [1.54, 1.807) is 34.7 Å². The molecule has 0 heterocycles. The van der Waals surface area contributed by atoms with E-state index in [2.05, 4.69) is 0 Å². The van der Waals surface area contributed by atoms with Gasteiger partial charge in [-0.05, 0) is 34.6 Å². The molecule has 3 heteroatoms. The molecule has 0 radical (unpaired) electrons. The van der Waals surface area contributed by atoms with Crippen LogP contribution in [0.1, 0.15) is 22.3 Å². The van der Waals surface area contributed by atoms with E-state index in [1.165, 1.54) is 0 Å². The minimum Gasteiger partial charge on any atom is -0.290 e. The summed E-state index contributed by atoms with van der Waals surface area (Å²) in [7, 11) is 0. The zero-order valence-electron chi connectivity index (χ0n) is 6.89. The number of carbonyl (C=O) groups excluding carboxylic acids is 1. The normalized spacial score (nSPS) is 27.1. The fourth-order valence-corrected chi connectivity index (χ4v) is 2.12. The number of fused-ring (bicyclic) bond motifs is 1. The second kappa shape index (κ2) is 3.04. The molecule has 1 aromatic carbocycles. The number of Topliss-reactive ketones (excluding diaryl/α,β-unsaturated/α-hetero) is 1. The number of hydrogen-bond donors (Lipinski definition) is 0. The molecular weight excluding hydrogens is 282 g/mol. The van der Waals surface area contributed by atoms with E-state index in [0.717, 1.165) is 5.56 Å². The highest BCUT2D eigenvalue weighted by atomic mass is 127. The average molecular weight is 290 g/mol. The second-order valence-electron chi connectivity index (χ2n) is 3.19. The Balaban J connectivity index is 2.52. The molecule has 0 amide bonds. The Morgan fingerprint density at radius 1 is 1.38 bits per heavy atom. The van der Waals surface area contributed by atoms with Gasteiger partial charge in [0.2, 0.25) is 9.46 Å². The maximum absolute atomic E-state index is 13.6. The molecule has 0 saturated heterocycles. The van der Waals surface area contributed by atoms with Crippen LogP contribution in [0.15, 0.2) is 24.3 Å². The topological polar surface area (TPSA) is 17.1 Å². The first kappa shape index (κ1) is 9.12. The van der Waals surface area contributed by atoms with Crippen molar-refractivity contribution in [3.05, 3.63) is 35.4 Å². The van der Waals surface area contributed by atoms with E-state index in [9.17, 15) is 9.18 Å². The fourth-order valence-electron chi connectivity index (χ4n) is 1.56. The van der Waals surface area contributed by atoms with Gasteiger partial charge in [-0.1, -0.05) is 24.3 Å². The molecule has 1 atom stereocenters. The molecule has 0 N–H and O–H groups in total. The number of benzene rings is 1. The van der Waals surface area contributed by atoms with E-state index in [-0.39, 0.29) is 5.78 Å². The Kier molecular flexibility index (Phi) is 2.14. The molecule has 0 spiro atoms. The zero-order chi connectivity index (χ0) is 9.47. The Labute approximate surface area is 89.5 Å². The molecule has 68 valence electrons. The third kappa shape index (κ3) is 1.49. The van der Waals surface area contributed by atoms with Gasteiger partial charge in [-0.2, -0.15) is 0 Å². The van der Waals surface area contributed by atoms with Crippen molar-refractivity contribution in [3.8, 4) is 0 Å². The lowest BCUT2D eigenvalue weighted by Gasteiger charge is -2.24. The Morgan fingerprint density at radius 2 is 2.08 bits per heavy atom. The summed E-state index contributed by atoms with van der Waals surface area (Å²) in [5, 5.41) is 0. The van der Waals surface area contributed by atoms with E-state index in [4.69, 9.17) is 0 Å². The summed E-state index contributed by atoms with van der Waals surface area (Å²) in [5.74, 6) is -0.380. The highest BCUT2D eigenvalue weighted by Gasteiger charge is 2.39. The monoisotopic (exact) mass is 290 g/mol. The smallest absolute Gasteiger partial charge is 0.223 e. The molecule has 1 nitrogen and oxygen atoms in total. The molecule has 0 aliphatic heterocycles. The lowest BCUT2D eigenvalue weighted by molar-refractivity contribution is 0.0836. The molecule has 1 aromatic rings. The van der Waals surface area contributed by atoms with Crippen molar-refractivity contribution >= 4 is 28.4 Å². The summed E-state index contributed by atoms with van der Waals surface area (Å²) in [6.07, 6.45) is 0.949. The summed E-state index contributed by atoms with van der Waals surface area (Å²) in [5.41, 5.74) is 1.52. The molecule has 1 aliphatic carbocycles. The van der Waals surface area contributed by atoms with Crippen LogP contribution >= 0.6 is 22.6 Å². The van der Waals surface area contributed by atoms with Crippen LogP contribution in [-0.4, -0.2) is 9.46 Å². The van der Waals surface area contributed by atoms with Crippen LogP contribution in [0.3, 0.4) is 0 Å². The summed E-state index contributed by atoms with van der Waals surface area (Å²) in [6.45, 7) is 0. The van der Waals surface area contributed by atoms with Crippen molar-refractivity contribution < 1.29 is 9.18 Å². The van der Waals surface area contributed by atoms with Crippen LogP contribution < -0.4 is 0 Å². The summed E-state index contributed by atoms with van der Waals surface area (Å²) >= 11 is 1.60. The Bertz CT molecular complexity index is 360. The number of halogens is 2. The van der Waals surface area contributed by atoms with Gasteiger partial charge in [0.05, 0.1) is 0 Å². The SMILES string of the molecule is O=C1c2ccccc2CCC1(F)I. The van der Waals surface area contributed by atoms with Gasteiger partial charge in [0.25, 0.3) is 0 Å². The van der Waals surface area contributed by atoms with Crippen molar-refractivity contribution in [2.45, 2.75) is 16.5 Å². The predicted octanol–water partition coefficient (Wildman–Crippen LogP) is 2.92. The van der Waals surface area contributed by atoms with Gasteiger partial charge in [0, 0.05) is 12.0 Å². The van der Waals surface area contributed by atoms with E-state index in [1.807, 2.05) is 12.1 Å². The largest absolute Gasteiger partial charge is 0.290 e. The van der Waals surface area contributed by atoms with Gasteiger partial charge in [-0.15, -0.1) is 0 Å². The molecule has 1 aliphatic rings. The van der Waals surface area contributed by atoms with Crippen LogP contribution in [0.4, 0.5) is 4.39 Å². The van der Waals surface area contributed by atoms with Gasteiger partial charge in [-0.3, -0.25) is 4.79 Å². The Hall–Kier alpha value is -0.450. The number of hydrogen-bond acceptors (Lipinski definition) is 1. The zero-order valence-corrected chi connectivity index (χ0v) is 9.05. The molecule has 0 fully saturated rings. The number of alkyl halides is 2. The lowest BCUT2D eigenvalue weighted by atomic mass is 9.89. The van der Waals surface area contributed by atoms with Crippen molar-refractivity contribution in [3.63, 3.8) is 0 Å². The van der Waals surface area contributed by atoms with Crippen molar-refractivity contribution in [2.24, 2.45) is 0 Å². The second-order valence-corrected chi connectivity index (χ2v) is 4.90. The number of aryl methyl sites for hydroxylation is 1. The first-order valence-electron chi connectivity index (χ1n) is 4.12. The van der Waals surface area contributed by atoms with E-state index in [0.29, 0.717) is 18.4 Å². The third-order valence-corrected chi connectivity index (χ3v) is 3.33. The molecule has 1 unspecified atom stereocenters. The Morgan fingerprint density at radius 3 is 2.85 bits per heavy atom. The van der Waals surface area contributed by atoms with Crippen LogP contribution in [0.2, 0.25) is 0 Å². The van der Waals surface area contributed by atoms with Crippen molar-refractivity contribution in [1.29, 1.82) is 0 Å². The molecule has 0 saturated carbocycles. The van der Waals surface area contributed by atoms with Crippen LogP contribution in [0, 0.1) is 0 Å². The lowest BCUT2D eigenvalue weighted by Crippen LogP contribution is -2.32. The highest BCUT2D eigenvalue weighted by Crippen LogP contribution is 2.36. The number of ketones is 1. The van der Waals surface area contributed by atoms with Gasteiger partial charge in [0.15, 0.2) is 0 Å². The predicted molar refractivity (Wildman–Crippen MR) is 57.0 cm³/mol. The standard InChI is InChI=1S/C10H8FIO/c11-10(12)6-5-7-3-1-2-4-8(7)9(10)13/h1-4H,5-6H2. The first-order chi connectivity index (χ1) is 6.11. The van der Waals surface area contributed by atoms with Crippen LogP contribution in [-0.2, 0) is 6.42 Å². The van der Waals surface area contributed by atoms with Gasteiger partial charge in [-0.25, -0.2) is 4.39 Å². The third-order valence-electron chi connectivity index (χ3n) is 2.30. The number of rotatable bonds is 0. The van der Waals surface area contributed by atoms with Crippen molar-refractivity contribution in [1.82, 2.24) is 0 Å². The van der Waals surface area contributed by atoms with E-state index < -0.39 is 3.68 Å². The van der Waals surface area contributed by atoms with Crippen LogP contribution in [0.25, 0.3) is 0 Å². The molecule has 0 aromatic heterocycles. The maximum Gasteiger partial charge on any atom is 0.223 e. The molecule has 0 bridgehead atoms.